The second-order valence-corrected chi connectivity index (χ2v) is 8.18. The summed E-state index contributed by atoms with van der Waals surface area (Å²) < 4.78 is 5.54. The van der Waals surface area contributed by atoms with E-state index in [0.29, 0.717) is 12.1 Å². The highest BCUT2D eigenvalue weighted by Crippen LogP contribution is 2.26. The van der Waals surface area contributed by atoms with Gasteiger partial charge in [0.1, 0.15) is 0 Å². The van der Waals surface area contributed by atoms with Crippen LogP contribution in [-0.2, 0) is 4.74 Å². The van der Waals surface area contributed by atoms with Crippen LogP contribution in [-0.4, -0.2) is 80.8 Å². The number of halogens is 1. The number of thiophene rings is 1. The summed E-state index contributed by atoms with van der Waals surface area (Å²) in [6.45, 7) is 13.0. The Kier molecular flexibility index (Phi) is 11.1. The topological polar surface area (TPSA) is 52.1 Å². The molecule has 160 valence electrons. The molecular weight excluding hydrogens is 485 g/mol. The molecule has 0 spiro atoms. The van der Waals surface area contributed by atoms with E-state index in [4.69, 9.17) is 9.73 Å². The first-order chi connectivity index (χ1) is 13.3. The molecule has 6 nitrogen and oxygen atoms in total. The van der Waals surface area contributed by atoms with Crippen LogP contribution in [0.2, 0.25) is 0 Å². The molecule has 0 radical (unpaired) electrons. The summed E-state index contributed by atoms with van der Waals surface area (Å²) in [4.78, 5) is 11.4. The summed E-state index contributed by atoms with van der Waals surface area (Å²) >= 11 is 1.83. The molecule has 8 heteroatoms. The van der Waals surface area contributed by atoms with Crippen molar-refractivity contribution >= 4 is 41.3 Å². The zero-order valence-corrected chi connectivity index (χ0v) is 20.4. The first kappa shape index (κ1) is 23.9. The normalized spacial score (nSPS) is 22.6. The van der Waals surface area contributed by atoms with E-state index in [1.807, 2.05) is 11.3 Å². The van der Waals surface area contributed by atoms with Crippen molar-refractivity contribution in [3.8, 4) is 0 Å². The maximum Gasteiger partial charge on any atom is 0.191 e. The molecule has 28 heavy (non-hydrogen) atoms. The smallest absolute Gasteiger partial charge is 0.191 e. The van der Waals surface area contributed by atoms with E-state index < -0.39 is 0 Å². The molecular formula is C20H36IN5OS. The predicted octanol–water partition coefficient (Wildman–Crippen LogP) is 2.78. The van der Waals surface area contributed by atoms with Crippen molar-refractivity contribution in [3.63, 3.8) is 0 Å². The number of guanidine groups is 1. The van der Waals surface area contributed by atoms with Gasteiger partial charge in [0, 0.05) is 37.1 Å². The van der Waals surface area contributed by atoms with Gasteiger partial charge in [0.05, 0.1) is 25.8 Å². The molecule has 0 aliphatic carbocycles. The Morgan fingerprint density at radius 3 is 2.79 bits per heavy atom. The van der Waals surface area contributed by atoms with Gasteiger partial charge in [-0.25, -0.2) is 0 Å². The molecule has 2 N–H and O–H groups in total. The van der Waals surface area contributed by atoms with E-state index in [1.54, 1.807) is 0 Å². The minimum Gasteiger partial charge on any atom is -0.379 e. The summed E-state index contributed by atoms with van der Waals surface area (Å²) in [5, 5.41) is 9.17. The number of likely N-dealkylation sites (tertiary alicyclic amines) is 1. The van der Waals surface area contributed by atoms with Crippen molar-refractivity contribution in [2.45, 2.75) is 38.8 Å². The summed E-state index contributed by atoms with van der Waals surface area (Å²) in [6.07, 6.45) is 2.59. The van der Waals surface area contributed by atoms with Crippen LogP contribution >= 0.6 is 35.3 Å². The molecule has 2 unspecified atom stereocenters. The molecule has 2 atom stereocenters. The first-order valence-electron chi connectivity index (χ1n) is 10.4. The van der Waals surface area contributed by atoms with Crippen molar-refractivity contribution < 1.29 is 4.74 Å². The highest BCUT2D eigenvalue weighted by Gasteiger charge is 2.24. The van der Waals surface area contributed by atoms with Crippen LogP contribution in [0.5, 0.6) is 0 Å². The number of hydrogen-bond acceptors (Lipinski definition) is 5. The van der Waals surface area contributed by atoms with Crippen LogP contribution in [0, 0.1) is 0 Å². The fourth-order valence-electron chi connectivity index (χ4n) is 4.03. The van der Waals surface area contributed by atoms with Crippen molar-refractivity contribution in [2.24, 2.45) is 4.99 Å². The lowest BCUT2D eigenvalue weighted by atomic mass is 10.2. The fourth-order valence-corrected chi connectivity index (χ4v) is 4.88. The largest absolute Gasteiger partial charge is 0.379 e. The fraction of sp³-hybridized carbons (Fsp3) is 0.750. The molecule has 2 aliphatic rings. The third-order valence-electron chi connectivity index (χ3n) is 5.54. The lowest BCUT2D eigenvalue weighted by Crippen LogP contribution is -2.45. The van der Waals surface area contributed by atoms with E-state index >= 15 is 0 Å². The molecule has 0 aromatic carbocycles. The number of rotatable bonds is 8. The summed E-state index contributed by atoms with van der Waals surface area (Å²) in [5.74, 6) is 0.940. The van der Waals surface area contributed by atoms with E-state index in [0.717, 1.165) is 58.4 Å². The molecule has 0 saturated carbocycles. The predicted molar refractivity (Wildman–Crippen MR) is 129 cm³/mol. The van der Waals surface area contributed by atoms with Gasteiger partial charge in [0.25, 0.3) is 0 Å². The van der Waals surface area contributed by atoms with Crippen molar-refractivity contribution in [2.75, 3.05) is 59.0 Å². The van der Waals surface area contributed by atoms with Crippen LogP contribution in [0.15, 0.2) is 22.5 Å². The Balaban J connectivity index is 0.00000280. The zero-order valence-electron chi connectivity index (χ0n) is 17.2. The summed E-state index contributed by atoms with van der Waals surface area (Å²) in [5.41, 5.74) is 0. The number of morpholine rings is 1. The Labute approximate surface area is 191 Å². The van der Waals surface area contributed by atoms with Gasteiger partial charge in [0.2, 0.25) is 0 Å². The first-order valence-corrected chi connectivity index (χ1v) is 11.3. The molecule has 3 heterocycles. The van der Waals surface area contributed by atoms with E-state index in [9.17, 15) is 0 Å². The number of likely N-dealkylation sites (N-methyl/N-ethyl adjacent to an activating group) is 1. The SMILES string of the molecule is CCNC(=NCC(c1cccs1)N1CCOCC1)NCC1CCCN1CC.I. The molecule has 3 rings (SSSR count). The standard InChI is InChI=1S/C20H35N5OS.HI/c1-3-21-20(22-15-17-7-5-9-24(17)4-2)23-16-18(19-8-6-14-27-19)25-10-12-26-13-11-25;/h6,8,14,17-18H,3-5,7,9-13,15-16H2,1-2H3,(H2,21,22,23);1H. The van der Waals surface area contributed by atoms with Crippen molar-refractivity contribution in [3.05, 3.63) is 22.4 Å². The third-order valence-corrected chi connectivity index (χ3v) is 6.51. The van der Waals surface area contributed by atoms with Crippen LogP contribution < -0.4 is 10.6 Å². The minimum absolute atomic E-state index is 0. The average molecular weight is 522 g/mol. The van der Waals surface area contributed by atoms with Gasteiger partial charge < -0.3 is 15.4 Å². The number of hydrogen-bond donors (Lipinski definition) is 2. The van der Waals surface area contributed by atoms with E-state index in [2.05, 4.69) is 51.8 Å². The van der Waals surface area contributed by atoms with Gasteiger partial charge >= 0.3 is 0 Å². The molecule has 1 aromatic rings. The molecule has 2 aliphatic heterocycles. The Bertz CT molecular complexity index is 565. The third kappa shape index (κ3) is 6.83. The van der Waals surface area contributed by atoms with Gasteiger partial charge in [-0.2, -0.15) is 0 Å². The van der Waals surface area contributed by atoms with Crippen LogP contribution in [0.4, 0.5) is 0 Å². The molecule has 2 saturated heterocycles. The number of ether oxygens (including phenoxy) is 1. The minimum atomic E-state index is 0. The van der Waals surface area contributed by atoms with Gasteiger partial charge in [0.15, 0.2) is 5.96 Å². The Morgan fingerprint density at radius 1 is 1.29 bits per heavy atom. The molecule has 0 bridgehead atoms. The highest BCUT2D eigenvalue weighted by molar-refractivity contribution is 14.0. The average Bonchev–Trinajstić information content (AvgIpc) is 3.39. The lowest BCUT2D eigenvalue weighted by Gasteiger charge is -2.33. The molecule has 1 aromatic heterocycles. The summed E-state index contributed by atoms with van der Waals surface area (Å²) in [7, 11) is 0. The summed E-state index contributed by atoms with van der Waals surface area (Å²) in [6, 6.07) is 5.34. The maximum absolute atomic E-state index is 5.54. The monoisotopic (exact) mass is 521 g/mol. The van der Waals surface area contributed by atoms with Crippen molar-refractivity contribution in [1.29, 1.82) is 0 Å². The van der Waals surface area contributed by atoms with Gasteiger partial charge in [-0.05, 0) is 44.3 Å². The number of aliphatic imine (C=N–C) groups is 1. The van der Waals surface area contributed by atoms with Crippen molar-refractivity contribution in [1.82, 2.24) is 20.4 Å². The molecule has 0 amide bonds. The second kappa shape index (κ2) is 13.0. The van der Waals surface area contributed by atoms with Gasteiger partial charge in [-0.3, -0.25) is 14.8 Å². The quantitative estimate of drug-likeness (QED) is 0.313. The van der Waals surface area contributed by atoms with Crippen LogP contribution in [0.1, 0.15) is 37.6 Å². The Hall–Kier alpha value is -0.420. The lowest BCUT2D eigenvalue weighted by molar-refractivity contribution is 0.0186. The highest BCUT2D eigenvalue weighted by atomic mass is 127. The number of nitrogens with one attached hydrogen (secondary N) is 2. The number of nitrogens with zero attached hydrogens (tertiary/aromatic N) is 3. The second-order valence-electron chi connectivity index (χ2n) is 7.20. The molecule has 2 fully saturated rings. The van der Waals surface area contributed by atoms with Crippen LogP contribution in [0.25, 0.3) is 0 Å². The zero-order chi connectivity index (χ0) is 18.9. The van der Waals surface area contributed by atoms with Crippen LogP contribution in [0.3, 0.4) is 0 Å². The maximum atomic E-state index is 5.54. The van der Waals surface area contributed by atoms with E-state index in [-0.39, 0.29) is 24.0 Å². The van der Waals surface area contributed by atoms with Gasteiger partial charge in [-0.15, -0.1) is 35.3 Å². The van der Waals surface area contributed by atoms with Gasteiger partial charge in [-0.1, -0.05) is 13.0 Å². The van der Waals surface area contributed by atoms with E-state index in [1.165, 1.54) is 24.3 Å². The Morgan fingerprint density at radius 2 is 2.11 bits per heavy atom.